The van der Waals surface area contributed by atoms with Crippen molar-refractivity contribution in [1.82, 2.24) is 10.2 Å². The summed E-state index contributed by atoms with van der Waals surface area (Å²) < 4.78 is 5.72. The summed E-state index contributed by atoms with van der Waals surface area (Å²) in [4.78, 5) is 12.4. The van der Waals surface area contributed by atoms with Crippen LogP contribution in [0.2, 0.25) is 0 Å². The van der Waals surface area contributed by atoms with Crippen LogP contribution in [0.15, 0.2) is 64.2 Å². The van der Waals surface area contributed by atoms with Gasteiger partial charge in [0.2, 0.25) is 5.89 Å². The molecule has 0 bridgehead atoms. The van der Waals surface area contributed by atoms with E-state index in [-0.39, 0.29) is 5.78 Å². The van der Waals surface area contributed by atoms with Crippen LogP contribution in [0, 0.1) is 0 Å². The highest BCUT2D eigenvalue weighted by molar-refractivity contribution is 7.99. The third-order valence-electron chi connectivity index (χ3n) is 5.04. The van der Waals surface area contributed by atoms with E-state index in [2.05, 4.69) is 43.1 Å². The molecule has 0 aliphatic rings. The summed E-state index contributed by atoms with van der Waals surface area (Å²) in [7, 11) is 0. The van der Waals surface area contributed by atoms with Gasteiger partial charge in [0.15, 0.2) is 5.78 Å². The zero-order valence-corrected chi connectivity index (χ0v) is 17.4. The fourth-order valence-electron chi connectivity index (χ4n) is 2.98. The first kappa shape index (κ1) is 20.3. The lowest BCUT2D eigenvalue weighted by Gasteiger charge is -2.09. The van der Waals surface area contributed by atoms with Crippen LogP contribution < -0.4 is 0 Å². The van der Waals surface area contributed by atoms with Crippen molar-refractivity contribution >= 4 is 17.5 Å². The number of hydrogen-bond acceptors (Lipinski definition) is 5. The third kappa shape index (κ3) is 5.32. The van der Waals surface area contributed by atoms with Gasteiger partial charge in [0.25, 0.3) is 5.22 Å². The van der Waals surface area contributed by atoms with E-state index >= 15 is 0 Å². The predicted molar refractivity (Wildman–Crippen MR) is 113 cm³/mol. The minimum Gasteiger partial charge on any atom is -0.416 e. The lowest BCUT2D eigenvalue weighted by molar-refractivity contribution is 0.102. The summed E-state index contributed by atoms with van der Waals surface area (Å²) >= 11 is 1.29. The number of thioether (sulfide) groups is 1. The summed E-state index contributed by atoms with van der Waals surface area (Å²) in [6.45, 7) is 6.50. The van der Waals surface area contributed by atoms with Gasteiger partial charge in [-0.2, -0.15) is 0 Å². The Hall–Kier alpha value is -2.40. The SMILES string of the molecule is CCC(C)c1ccc(C(=O)CSc2nnc(CC(C)c3ccccc3)o2)cc1. The van der Waals surface area contributed by atoms with Gasteiger partial charge >= 0.3 is 0 Å². The fraction of sp³-hybridized carbons (Fsp3) is 0.348. The number of carbonyl (C=O) groups excluding carboxylic acids is 1. The van der Waals surface area contributed by atoms with E-state index in [1.54, 1.807) is 0 Å². The first-order chi connectivity index (χ1) is 13.6. The maximum atomic E-state index is 12.4. The molecule has 146 valence electrons. The highest BCUT2D eigenvalue weighted by Gasteiger charge is 2.14. The van der Waals surface area contributed by atoms with Crippen LogP contribution in [0.4, 0.5) is 0 Å². The van der Waals surface area contributed by atoms with Crippen LogP contribution in [0.25, 0.3) is 0 Å². The van der Waals surface area contributed by atoms with E-state index in [4.69, 9.17) is 4.42 Å². The molecule has 2 unspecified atom stereocenters. The molecule has 0 radical (unpaired) electrons. The topological polar surface area (TPSA) is 56.0 Å². The fourth-order valence-corrected chi connectivity index (χ4v) is 3.66. The second-order valence-electron chi connectivity index (χ2n) is 7.12. The second-order valence-corrected chi connectivity index (χ2v) is 8.05. The predicted octanol–water partition coefficient (Wildman–Crippen LogP) is 5.90. The summed E-state index contributed by atoms with van der Waals surface area (Å²) in [6.07, 6.45) is 1.77. The highest BCUT2D eigenvalue weighted by Crippen LogP contribution is 2.24. The van der Waals surface area contributed by atoms with E-state index in [0.29, 0.717) is 35.1 Å². The van der Waals surface area contributed by atoms with Crippen LogP contribution >= 0.6 is 11.8 Å². The number of carbonyl (C=O) groups is 1. The molecule has 5 heteroatoms. The Kier molecular flexibility index (Phi) is 7.04. The molecule has 1 aromatic heterocycles. The number of ketones is 1. The molecule has 0 aliphatic carbocycles. The smallest absolute Gasteiger partial charge is 0.277 e. The molecule has 0 N–H and O–H groups in total. The normalized spacial score (nSPS) is 13.2. The average Bonchev–Trinajstić information content (AvgIpc) is 3.19. The van der Waals surface area contributed by atoms with Crippen molar-refractivity contribution in [2.45, 2.75) is 50.7 Å². The van der Waals surface area contributed by atoms with E-state index in [9.17, 15) is 4.79 Å². The summed E-state index contributed by atoms with van der Waals surface area (Å²) in [5.41, 5.74) is 3.23. The van der Waals surface area contributed by atoms with Gasteiger partial charge in [0.05, 0.1) is 5.75 Å². The lowest BCUT2D eigenvalue weighted by atomic mass is 9.97. The number of benzene rings is 2. The zero-order valence-electron chi connectivity index (χ0n) is 16.6. The number of rotatable bonds is 9. The Morgan fingerprint density at radius 2 is 1.64 bits per heavy atom. The minimum absolute atomic E-state index is 0.0677. The maximum absolute atomic E-state index is 12.4. The quantitative estimate of drug-likeness (QED) is 0.334. The van der Waals surface area contributed by atoms with Crippen molar-refractivity contribution in [3.63, 3.8) is 0 Å². The van der Waals surface area contributed by atoms with E-state index in [0.717, 1.165) is 12.0 Å². The first-order valence-corrected chi connectivity index (χ1v) is 10.7. The summed E-state index contributed by atoms with van der Waals surface area (Å²) in [6, 6.07) is 18.2. The zero-order chi connectivity index (χ0) is 19.9. The van der Waals surface area contributed by atoms with Gasteiger partial charge in [-0.3, -0.25) is 4.79 Å². The first-order valence-electron chi connectivity index (χ1n) is 9.70. The van der Waals surface area contributed by atoms with Gasteiger partial charge in [-0.15, -0.1) is 10.2 Å². The molecule has 0 fully saturated rings. The van der Waals surface area contributed by atoms with Gasteiger partial charge in [-0.05, 0) is 29.4 Å². The molecule has 3 aromatic rings. The monoisotopic (exact) mass is 394 g/mol. The summed E-state index contributed by atoms with van der Waals surface area (Å²) in [5, 5.41) is 8.64. The second kappa shape index (κ2) is 9.69. The van der Waals surface area contributed by atoms with Gasteiger partial charge in [-0.1, -0.05) is 87.1 Å². The van der Waals surface area contributed by atoms with Crippen LogP contribution in [0.5, 0.6) is 0 Å². The van der Waals surface area contributed by atoms with Crippen LogP contribution in [-0.2, 0) is 6.42 Å². The molecule has 0 saturated carbocycles. The van der Waals surface area contributed by atoms with Crippen molar-refractivity contribution < 1.29 is 9.21 Å². The average molecular weight is 395 g/mol. The molecule has 4 nitrogen and oxygen atoms in total. The number of Topliss-reactive ketones (excluding diaryl/α,β-unsaturated/α-hetero) is 1. The molecule has 2 aromatic carbocycles. The van der Waals surface area contributed by atoms with Crippen LogP contribution in [0.3, 0.4) is 0 Å². The minimum atomic E-state index is 0.0677. The van der Waals surface area contributed by atoms with Gasteiger partial charge in [0, 0.05) is 12.0 Å². The Labute approximate surface area is 170 Å². The van der Waals surface area contributed by atoms with E-state index in [1.165, 1.54) is 22.9 Å². The van der Waals surface area contributed by atoms with E-state index < -0.39 is 0 Å². The maximum Gasteiger partial charge on any atom is 0.277 e. The molecule has 28 heavy (non-hydrogen) atoms. The van der Waals surface area contributed by atoms with Gasteiger partial charge < -0.3 is 4.42 Å². The molecular formula is C23H26N2O2S. The highest BCUT2D eigenvalue weighted by atomic mass is 32.2. The Balaban J connectivity index is 1.53. The molecule has 1 heterocycles. The lowest BCUT2D eigenvalue weighted by Crippen LogP contribution is -2.03. The van der Waals surface area contributed by atoms with Crippen LogP contribution in [0.1, 0.15) is 66.4 Å². The Morgan fingerprint density at radius 3 is 2.32 bits per heavy atom. The largest absolute Gasteiger partial charge is 0.416 e. The Bertz CT molecular complexity index is 890. The van der Waals surface area contributed by atoms with Crippen LogP contribution in [-0.4, -0.2) is 21.7 Å². The van der Waals surface area contributed by atoms with Crippen molar-refractivity contribution in [3.05, 3.63) is 77.2 Å². The van der Waals surface area contributed by atoms with Gasteiger partial charge in [0.1, 0.15) is 0 Å². The number of nitrogens with zero attached hydrogens (tertiary/aromatic N) is 2. The molecule has 2 atom stereocenters. The molecular weight excluding hydrogens is 368 g/mol. The molecule has 0 spiro atoms. The van der Waals surface area contributed by atoms with Crippen molar-refractivity contribution in [1.29, 1.82) is 0 Å². The summed E-state index contributed by atoms with van der Waals surface area (Å²) in [5.74, 6) is 1.76. The molecule has 0 saturated heterocycles. The van der Waals surface area contributed by atoms with Crippen molar-refractivity contribution in [2.75, 3.05) is 5.75 Å². The Morgan fingerprint density at radius 1 is 0.964 bits per heavy atom. The van der Waals surface area contributed by atoms with E-state index in [1.807, 2.05) is 42.5 Å². The van der Waals surface area contributed by atoms with Gasteiger partial charge in [-0.25, -0.2) is 0 Å². The standard InChI is InChI=1S/C23H26N2O2S/c1-4-16(2)19-10-12-20(13-11-19)21(26)15-28-23-25-24-22(27-23)14-17(3)18-8-6-5-7-9-18/h5-13,16-17H,4,14-15H2,1-3H3. The number of aromatic nitrogens is 2. The van der Waals surface area contributed by atoms with Crippen molar-refractivity contribution in [3.8, 4) is 0 Å². The molecule has 0 aliphatic heterocycles. The molecule has 0 amide bonds. The third-order valence-corrected chi connectivity index (χ3v) is 5.86. The number of hydrogen-bond donors (Lipinski definition) is 0. The molecule has 3 rings (SSSR count). The van der Waals surface area contributed by atoms with Crippen molar-refractivity contribution in [2.24, 2.45) is 0 Å².